The van der Waals surface area contributed by atoms with Gasteiger partial charge in [-0.3, -0.25) is 4.79 Å². The number of hydrogen-bond acceptors (Lipinski definition) is 2. The Balaban J connectivity index is 2.64. The minimum Gasteiger partial charge on any atom is -0.299 e. The van der Waals surface area contributed by atoms with E-state index >= 15 is 0 Å². The number of Topliss-reactive ketones (excluding diaryl/α,β-unsaturated/α-hetero) is 1. The normalized spacial score (nSPS) is 10.3. The lowest BCUT2D eigenvalue weighted by Gasteiger charge is -2.04. The number of ketones is 1. The van der Waals surface area contributed by atoms with Crippen LogP contribution in [-0.4, -0.2) is 17.8 Å². The van der Waals surface area contributed by atoms with Crippen molar-refractivity contribution in [3.05, 3.63) is 34.1 Å². The third-order valence-electron chi connectivity index (χ3n) is 2.00. The summed E-state index contributed by atoms with van der Waals surface area (Å²) in [6.07, 6.45) is 2.81. The van der Waals surface area contributed by atoms with Gasteiger partial charge in [0.05, 0.1) is 4.47 Å². The molecule has 0 N–H and O–H groups in total. The summed E-state index contributed by atoms with van der Waals surface area (Å²) >= 11 is 4.79. The second kappa shape index (κ2) is 6.28. The fourth-order valence-corrected chi connectivity index (χ4v) is 2.04. The summed E-state index contributed by atoms with van der Waals surface area (Å²) in [6, 6.07) is 4.77. The molecule has 0 aromatic heterocycles. The van der Waals surface area contributed by atoms with E-state index in [4.69, 9.17) is 0 Å². The van der Waals surface area contributed by atoms with Gasteiger partial charge in [-0.05, 0) is 39.6 Å². The van der Waals surface area contributed by atoms with E-state index in [0.29, 0.717) is 17.3 Å². The molecule has 0 unspecified atom stereocenters. The summed E-state index contributed by atoms with van der Waals surface area (Å²) in [5.41, 5.74) is 0.723. The van der Waals surface area contributed by atoms with E-state index in [-0.39, 0.29) is 11.6 Å². The highest BCUT2D eigenvalue weighted by molar-refractivity contribution is 9.10. The number of halogens is 2. The van der Waals surface area contributed by atoms with Crippen LogP contribution in [0.3, 0.4) is 0 Å². The fraction of sp³-hybridized carbons (Fsp3) is 0.364. The van der Waals surface area contributed by atoms with E-state index in [1.165, 1.54) is 6.07 Å². The zero-order valence-corrected chi connectivity index (χ0v) is 10.8. The smallest absolute Gasteiger partial charge is 0.138 e. The van der Waals surface area contributed by atoms with Crippen molar-refractivity contribution in [2.24, 2.45) is 0 Å². The second-order valence-electron chi connectivity index (χ2n) is 3.17. The highest BCUT2D eigenvalue weighted by atomic mass is 79.9. The Hall–Kier alpha value is -0.350. The molecule has 0 bridgehead atoms. The molecule has 0 amide bonds. The summed E-state index contributed by atoms with van der Waals surface area (Å²) in [5, 5.41) is 0. The van der Waals surface area contributed by atoms with Gasteiger partial charge in [-0.2, -0.15) is 11.8 Å². The molecule has 0 atom stereocenters. The average Bonchev–Trinajstić information content (AvgIpc) is 2.22. The molecule has 1 aromatic carbocycles. The van der Waals surface area contributed by atoms with Crippen LogP contribution in [0.2, 0.25) is 0 Å². The Morgan fingerprint density at radius 1 is 1.53 bits per heavy atom. The molecule has 1 nitrogen and oxygen atoms in total. The average molecular weight is 291 g/mol. The molecule has 15 heavy (non-hydrogen) atoms. The predicted octanol–water partition coefficient (Wildman–Crippen LogP) is 3.45. The highest BCUT2D eigenvalue weighted by Crippen LogP contribution is 2.21. The Bertz CT molecular complexity index is 354. The van der Waals surface area contributed by atoms with E-state index < -0.39 is 0 Å². The highest BCUT2D eigenvalue weighted by Gasteiger charge is 2.09. The molecule has 0 saturated heterocycles. The van der Waals surface area contributed by atoms with Gasteiger partial charge >= 0.3 is 0 Å². The summed E-state index contributed by atoms with van der Waals surface area (Å²) in [6.45, 7) is 0. The second-order valence-corrected chi connectivity index (χ2v) is 4.95. The van der Waals surface area contributed by atoms with Crippen molar-refractivity contribution >= 4 is 33.5 Å². The summed E-state index contributed by atoms with van der Waals surface area (Å²) < 4.78 is 13.5. The molecule has 4 heteroatoms. The monoisotopic (exact) mass is 290 g/mol. The minimum atomic E-state index is -0.315. The summed E-state index contributed by atoms with van der Waals surface area (Å²) in [5.74, 6) is 0.659. The summed E-state index contributed by atoms with van der Waals surface area (Å²) in [7, 11) is 0. The zero-order chi connectivity index (χ0) is 11.3. The van der Waals surface area contributed by atoms with Gasteiger partial charge in [0.25, 0.3) is 0 Å². The molecule has 0 fully saturated rings. The lowest BCUT2D eigenvalue weighted by molar-refractivity contribution is -0.118. The van der Waals surface area contributed by atoms with Gasteiger partial charge in [0.2, 0.25) is 0 Å². The van der Waals surface area contributed by atoms with Crippen LogP contribution in [0.1, 0.15) is 12.0 Å². The van der Waals surface area contributed by atoms with E-state index in [2.05, 4.69) is 15.9 Å². The lowest BCUT2D eigenvalue weighted by Crippen LogP contribution is -2.04. The molecule has 82 valence electrons. The van der Waals surface area contributed by atoms with Gasteiger partial charge in [-0.1, -0.05) is 12.1 Å². The molecular formula is C11H12BrFOS. The number of benzene rings is 1. The standard InChI is InChI=1S/C11H12BrFOS/c1-15-6-5-9(14)7-8-3-2-4-10(13)11(8)12/h2-4H,5-7H2,1H3. The van der Waals surface area contributed by atoms with Crippen LogP contribution in [0.5, 0.6) is 0 Å². The fourth-order valence-electron chi connectivity index (χ4n) is 1.20. The van der Waals surface area contributed by atoms with Crippen molar-refractivity contribution in [1.29, 1.82) is 0 Å². The minimum absolute atomic E-state index is 0.149. The molecule has 0 aliphatic carbocycles. The van der Waals surface area contributed by atoms with Crippen molar-refractivity contribution in [1.82, 2.24) is 0 Å². The molecule has 0 aliphatic rings. The molecule has 1 aromatic rings. The van der Waals surface area contributed by atoms with Gasteiger partial charge in [0.1, 0.15) is 11.6 Å². The van der Waals surface area contributed by atoms with Crippen LogP contribution in [0.25, 0.3) is 0 Å². The van der Waals surface area contributed by atoms with Gasteiger partial charge in [-0.25, -0.2) is 4.39 Å². The maximum atomic E-state index is 13.1. The van der Waals surface area contributed by atoms with Gasteiger partial charge in [0, 0.05) is 12.8 Å². The number of carbonyl (C=O) groups excluding carboxylic acids is 1. The SMILES string of the molecule is CSCCC(=O)Cc1cccc(F)c1Br. The molecule has 0 radical (unpaired) electrons. The molecule has 0 heterocycles. The Kier molecular flexibility index (Phi) is 5.32. The maximum absolute atomic E-state index is 13.1. The molecule has 0 spiro atoms. The largest absolute Gasteiger partial charge is 0.299 e. The first kappa shape index (κ1) is 12.7. The van der Waals surface area contributed by atoms with Crippen LogP contribution >= 0.6 is 27.7 Å². The van der Waals surface area contributed by atoms with E-state index in [1.807, 2.05) is 6.26 Å². The van der Waals surface area contributed by atoms with Crippen LogP contribution in [0.15, 0.2) is 22.7 Å². The van der Waals surface area contributed by atoms with Gasteiger partial charge < -0.3 is 0 Å². The van der Waals surface area contributed by atoms with E-state index in [0.717, 1.165) is 11.3 Å². The predicted molar refractivity (Wildman–Crippen MR) is 65.8 cm³/mol. The van der Waals surface area contributed by atoms with Crippen LogP contribution < -0.4 is 0 Å². The Morgan fingerprint density at radius 2 is 2.27 bits per heavy atom. The third kappa shape index (κ3) is 3.95. The van der Waals surface area contributed by atoms with Gasteiger partial charge in [-0.15, -0.1) is 0 Å². The number of thioether (sulfide) groups is 1. The Labute approximate surface area is 102 Å². The summed E-state index contributed by atoms with van der Waals surface area (Å²) in [4.78, 5) is 11.5. The topological polar surface area (TPSA) is 17.1 Å². The molecule has 1 rings (SSSR count). The first-order valence-corrected chi connectivity index (χ1v) is 6.77. The zero-order valence-electron chi connectivity index (χ0n) is 8.43. The third-order valence-corrected chi connectivity index (χ3v) is 3.50. The Morgan fingerprint density at radius 3 is 2.93 bits per heavy atom. The van der Waals surface area contributed by atoms with Crippen LogP contribution in [0.4, 0.5) is 4.39 Å². The van der Waals surface area contributed by atoms with E-state index in [9.17, 15) is 9.18 Å². The molecular weight excluding hydrogens is 279 g/mol. The number of carbonyl (C=O) groups is 1. The molecule has 0 saturated carbocycles. The van der Waals surface area contributed by atoms with Crippen molar-refractivity contribution in [3.63, 3.8) is 0 Å². The number of rotatable bonds is 5. The lowest BCUT2D eigenvalue weighted by atomic mass is 10.1. The first-order chi connectivity index (χ1) is 7.15. The van der Waals surface area contributed by atoms with Crippen molar-refractivity contribution in [2.75, 3.05) is 12.0 Å². The van der Waals surface area contributed by atoms with Crippen molar-refractivity contribution < 1.29 is 9.18 Å². The van der Waals surface area contributed by atoms with Gasteiger partial charge in [0.15, 0.2) is 0 Å². The van der Waals surface area contributed by atoms with Crippen molar-refractivity contribution in [3.8, 4) is 0 Å². The molecule has 0 aliphatic heterocycles. The first-order valence-electron chi connectivity index (χ1n) is 4.58. The number of hydrogen-bond donors (Lipinski definition) is 0. The van der Waals surface area contributed by atoms with Crippen LogP contribution in [-0.2, 0) is 11.2 Å². The maximum Gasteiger partial charge on any atom is 0.138 e. The van der Waals surface area contributed by atoms with Crippen molar-refractivity contribution in [2.45, 2.75) is 12.8 Å². The van der Waals surface area contributed by atoms with Crippen LogP contribution in [0, 0.1) is 5.82 Å². The van der Waals surface area contributed by atoms with E-state index in [1.54, 1.807) is 23.9 Å². The quantitative estimate of drug-likeness (QED) is 0.826.